The zero-order chi connectivity index (χ0) is 19.4. The lowest BCUT2D eigenvalue weighted by Crippen LogP contribution is -2.46. The molecule has 0 aliphatic heterocycles. The molecule has 26 heavy (non-hydrogen) atoms. The number of aromatic nitrogens is 2. The number of hydrazone groups is 1. The molecule has 0 aliphatic carbocycles. The summed E-state index contributed by atoms with van der Waals surface area (Å²) in [6.07, 6.45) is 2.75. The molecule has 0 radical (unpaired) electrons. The van der Waals surface area contributed by atoms with E-state index in [4.69, 9.17) is 17.4 Å². The summed E-state index contributed by atoms with van der Waals surface area (Å²) < 4.78 is 40.0. The van der Waals surface area contributed by atoms with Crippen molar-refractivity contribution in [3.05, 3.63) is 53.8 Å². The Morgan fingerprint density at radius 3 is 2.38 bits per heavy atom. The van der Waals surface area contributed by atoms with Crippen LogP contribution in [-0.4, -0.2) is 26.9 Å². The van der Waals surface area contributed by atoms with Crippen LogP contribution in [0.1, 0.15) is 19.4 Å². The molecule has 0 saturated heterocycles. The fraction of sp³-hybridized carbons (Fsp3) is 0.188. The van der Waals surface area contributed by atoms with Crippen LogP contribution in [0.4, 0.5) is 19.0 Å². The van der Waals surface area contributed by atoms with Crippen molar-refractivity contribution in [1.29, 1.82) is 0 Å². The molecule has 10 heteroatoms. The number of amidine groups is 1. The second-order valence-electron chi connectivity index (χ2n) is 5.44. The summed E-state index contributed by atoms with van der Waals surface area (Å²) >= 11 is 0. The number of hydrogen-bond acceptors (Lipinski definition) is 6. The molecule has 1 atom stereocenters. The molecular formula is C16H18F3N7. The van der Waals surface area contributed by atoms with Crippen LogP contribution in [0.2, 0.25) is 0 Å². The highest BCUT2D eigenvalue weighted by molar-refractivity contribution is 6.03. The zero-order valence-corrected chi connectivity index (χ0v) is 14.1. The molecule has 0 spiro atoms. The second kappa shape index (κ2) is 7.83. The molecule has 2 aromatic heterocycles. The maximum atomic E-state index is 13.9. The second-order valence-corrected chi connectivity index (χ2v) is 5.44. The van der Waals surface area contributed by atoms with Crippen LogP contribution in [0, 0.1) is 5.95 Å². The number of hydrogen-bond donors (Lipinski definition) is 3. The number of nitrogen functional groups attached to an aromatic ring is 1. The molecule has 1 unspecified atom stereocenters. The Morgan fingerprint density at radius 1 is 1.19 bits per heavy atom. The fourth-order valence-electron chi connectivity index (χ4n) is 2.23. The first-order chi connectivity index (χ1) is 12.3. The number of nitrogens with two attached hydrogens (primary N) is 3. The molecule has 0 saturated carbocycles. The summed E-state index contributed by atoms with van der Waals surface area (Å²) in [4.78, 5) is 7.59. The summed E-state index contributed by atoms with van der Waals surface area (Å²) in [6.45, 7) is 2.30. The van der Waals surface area contributed by atoms with Crippen molar-refractivity contribution in [2.24, 2.45) is 16.8 Å². The van der Waals surface area contributed by atoms with Gasteiger partial charge in [-0.3, -0.25) is 5.01 Å². The van der Waals surface area contributed by atoms with Gasteiger partial charge in [-0.25, -0.2) is 24.6 Å². The molecule has 2 aromatic rings. The number of anilines is 1. The predicted molar refractivity (Wildman–Crippen MR) is 93.0 cm³/mol. The van der Waals surface area contributed by atoms with Crippen molar-refractivity contribution in [2.45, 2.75) is 19.9 Å². The fourth-order valence-corrected chi connectivity index (χ4v) is 2.23. The third-order valence-electron chi connectivity index (χ3n) is 3.70. The maximum absolute atomic E-state index is 13.9. The molecule has 0 amide bonds. The van der Waals surface area contributed by atoms with E-state index in [1.807, 2.05) is 0 Å². The molecular weight excluding hydrogens is 347 g/mol. The average molecular weight is 365 g/mol. The Labute approximate surface area is 148 Å². The summed E-state index contributed by atoms with van der Waals surface area (Å²) in [6, 6.07) is 3.04. The minimum absolute atomic E-state index is 0.0250. The van der Waals surface area contributed by atoms with Gasteiger partial charge in [0.15, 0.2) is 11.7 Å². The Bertz CT molecular complexity index is 845. The van der Waals surface area contributed by atoms with E-state index in [1.54, 1.807) is 6.07 Å². The number of nitrogens with zero attached hydrogens (tertiary/aromatic N) is 4. The van der Waals surface area contributed by atoms with Crippen molar-refractivity contribution in [1.82, 2.24) is 15.0 Å². The van der Waals surface area contributed by atoms with Gasteiger partial charge >= 0.3 is 0 Å². The highest BCUT2D eigenvalue weighted by Crippen LogP contribution is 2.24. The zero-order valence-electron chi connectivity index (χ0n) is 14.1. The smallest absolute Gasteiger partial charge is 0.212 e. The van der Waals surface area contributed by atoms with Crippen molar-refractivity contribution in [3.8, 4) is 11.1 Å². The van der Waals surface area contributed by atoms with Crippen LogP contribution in [0.3, 0.4) is 0 Å². The quantitative estimate of drug-likeness (QED) is 0.251. The van der Waals surface area contributed by atoms with Crippen LogP contribution < -0.4 is 17.4 Å². The average Bonchev–Trinajstić information content (AvgIpc) is 2.63. The first-order valence-electron chi connectivity index (χ1n) is 7.47. The predicted octanol–water partition coefficient (Wildman–Crippen LogP) is 2.22. The van der Waals surface area contributed by atoms with E-state index in [0.29, 0.717) is 11.1 Å². The Kier molecular flexibility index (Phi) is 5.78. The molecule has 138 valence electrons. The molecule has 2 heterocycles. The first kappa shape index (κ1) is 19.2. The highest BCUT2D eigenvalue weighted by Gasteiger charge is 2.24. The van der Waals surface area contributed by atoms with Crippen LogP contribution in [-0.2, 0) is 0 Å². The number of rotatable bonds is 4. The summed E-state index contributed by atoms with van der Waals surface area (Å²) in [7, 11) is 0. The van der Waals surface area contributed by atoms with E-state index in [2.05, 4.69) is 15.1 Å². The topological polar surface area (TPSA) is 119 Å². The lowest BCUT2D eigenvalue weighted by molar-refractivity contribution is 0.320. The SMILES string of the molecule is C/C(F)=C(/F)C(C)N(N)/C(=N\N)c1cc(-c2ccc(F)nc2)cnc1N. The third kappa shape index (κ3) is 3.91. The van der Waals surface area contributed by atoms with Gasteiger partial charge in [-0.1, -0.05) is 0 Å². The number of allylic oxidation sites excluding steroid dienone is 1. The summed E-state index contributed by atoms with van der Waals surface area (Å²) in [5, 5.41) is 4.39. The standard InChI is InChI=1S/C16H18F3N7/c1-8(17)14(19)9(2)26(22)16(25-21)12-5-11(7-24-15(12)20)10-3-4-13(18)23-6-10/h3-7,9H,21-22H2,1-2H3,(H2,20,24)/b14-8-,25-16-. The van der Waals surface area contributed by atoms with Crippen LogP contribution in [0.25, 0.3) is 11.1 Å². The van der Waals surface area contributed by atoms with E-state index >= 15 is 0 Å². The van der Waals surface area contributed by atoms with Crippen LogP contribution >= 0.6 is 0 Å². The van der Waals surface area contributed by atoms with Crippen LogP contribution in [0.5, 0.6) is 0 Å². The lowest BCUT2D eigenvalue weighted by Gasteiger charge is -2.26. The van der Waals surface area contributed by atoms with E-state index < -0.39 is 23.6 Å². The van der Waals surface area contributed by atoms with E-state index in [-0.39, 0.29) is 17.2 Å². The van der Waals surface area contributed by atoms with Gasteiger partial charge in [0.2, 0.25) is 5.95 Å². The highest BCUT2D eigenvalue weighted by atomic mass is 19.2. The first-order valence-corrected chi connectivity index (χ1v) is 7.47. The molecule has 0 fully saturated rings. The largest absolute Gasteiger partial charge is 0.383 e. The summed E-state index contributed by atoms with van der Waals surface area (Å²) in [5.74, 6) is 8.45. The molecule has 7 nitrogen and oxygen atoms in total. The molecule has 6 N–H and O–H groups in total. The number of hydrazine groups is 1. The molecule has 0 aromatic carbocycles. The van der Waals surface area contributed by atoms with Gasteiger partial charge in [-0.15, -0.1) is 0 Å². The summed E-state index contributed by atoms with van der Waals surface area (Å²) in [5.41, 5.74) is 7.14. The van der Waals surface area contributed by atoms with Gasteiger partial charge in [0.05, 0.1) is 11.6 Å². The van der Waals surface area contributed by atoms with Crippen molar-refractivity contribution >= 4 is 11.7 Å². The molecule has 0 bridgehead atoms. The van der Waals surface area contributed by atoms with Crippen molar-refractivity contribution in [2.75, 3.05) is 5.73 Å². The van der Waals surface area contributed by atoms with Gasteiger partial charge in [0.25, 0.3) is 0 Å². The van der Waals surface area contributed by atoms with E-state index in [9.17, 15) is 13.2 Å². The van der Waals surface area contributed by atoms with Gasteiger partial charge in [0.1, 0.15) is 11.6 Å². The van der Waals surface area contributed by atoms with Gasteiger partial charge < -0.3 is 11.6 Å². The van der Waals surface area contributed by atoms with Crippen molar-refractivity contribution in [3.63, 3.8) is 0 Å². The van der Waals surface area contributed by atoms with Crippen LogP contribution in [0.15, 0.2) is 47.3 Å². The van der Waals surface area contributed by atoms with E-state index in [1.165, 1.54) is 31.5 Å². The minimum Gasteiger partial charge on any atom is -0.383 e. The Morgan fingerprint density at radius 2 is 1.85 bits per heavy atom. The maximum Gasteiger partial charge on any atom is 0.212 e. The van der Waals surface area contributed by atoms with E-state index in [0.717, 1.165) is 11.9 Å². The number of pyridine rings is 2. The van der Waals surface area contributed by atoms with Gasteiger partial charge in [-0.2, -0.15) is 9.49 Å². The minimum atomic E-state index is -1.18. The van der Waals surface area contributed by atoms with Gasteiger partial charge in [-0.05, 0) is 32.0 Å². The Hall–Kier alpha value is -3.14. The molecule has 0 aliphatic rings. The Balaban J connectivity index is 2.46. The number of halogens is 3. The lowest BCUT2D eigenvalue weighted by atomic mass is 10.1. The van der Waals surface area contributed by atoms with Gasteiger partial charge in [0, 0.05) is 23.5 Å². The normalized spacial score (nSPS) is 14.0. The van der Waals surface area contributed by atoms with Crippen molar-refractivity contribution < 1.29 is 13.2 Å². The monoisotopic (exact) mass is 365 g/mol. The third-order valence-corrected chi connectivity index (χ3v) is 3.70. The molecule has 2 rings (SSSR count).